The van der Waals surface area contributed by atoms with Crippen molar-refractivity contribution in [2.45, 2.75) is 26.3 Å². The average molecular weight is 285 g/mol. The average Bonchev–Trinajstić information content (AvgIpc) is 2.50. The van der Waals surface area contributed by atoms with Gasteiger partial charge in [-0.2, -0.15) is 0 Å². The van der Waals surface area contributed by atoms with Crippen molar-refractivity contribution in [2.24, 2.45) is 11.7 Å². The summed E-state index contributed by atoms with van der Waals surface area (Å²) < 4.78 is 0. The van der Waals surface area contributed by atoms with Crippen LogP contribution < -0.4 is 11.1 Å². The highest BCUT2D eigenvalue weighted by Gasteiger charge is 2.24. The van der Waals surface area contributed by atoms with Crippen molar-refractivity contribution in [2.75, 3.05) is 0 Å². The third-order valence-electron chi connectivity index (χ3n) is 3.70. The molecule has 0 spiro atoms. The number of primary amides is 1. The Morgan fingerprint density at radius 3 is 2.67 bits per heavy atom. The number of pyridine rings is 1. The second kappa shape index (κ2) is 6.35. The predicted octanol–water partition coefficient (Wildman–Crippen LogP) is 1.86. The van der Waals surface area contributed by atoms with E-state index in [4.69, 9.17) is 5.73 Å². The molecule has 5 heteroatoms. The minimum atomic E-state index is -0.672. The lowest BCUT2D eigenvalue weighted by Gasteiger charge is -2.21. The van der Waals surface area contributed by atoms with E-state index < -0.39 is 11.9 Å². The number of rotatable bonds is 5. The quantitative estimate of drug-likeness (QED) is 0.879. The molecule has 21 heavy (non-hydrogen) atoms. The molecule has 1 aromatic heterocycles. The molecule has 0 aliphatic rings. The number of benzene rings is 1. The Balaban J connectivity index is 2.32. The van der Waals surface area contributed by atoms with Gasteiger partial charge in [0.15, 0.2) is 0 Å². The summed E-state index contributed by atoms with van der Waals surface area (Å²) in [5, 5.41) is 3.49. The SMILES string of the molecule is CC[C@H](C)[C@@H](NC(=O)c1ccnc2ccccc12)C(N)=O. The summed E-state index contributed by atoms with van der Waals surface area (Å²) >= 11 is 0. The number of nitrogens with zero attached hydrogens (tertiary/aromatic N) is 1. The highest BCUT2D eigenvalue weighted by Crippen LogP contribution is 2.17. The van der Waals surface area contributed by atoms with Gasteiger partial charge in [-0.05, 0) is 18.1 Å². The van der Waals surface area contributed by atoms with Crippen LogP contribution in [0, 0.1) is 5.92 Å². The van der Waals surface area contributed by atoms with Crippen LogP contribution in [-0.4, -0.2) is 22.8 Å². The Bertz CT molecular complexity index is 664. The Kier molecular flexibility index (Phi) is 4.52. The lowest BCUT2D eigenvalue weighted by atomic mass is 9.98. The Hall–Kier alpha value is -2.43. The molecule has 5 nitrogen and oxygen atoms in total. The van der Waals surface area contributed by atoms with E-state index in [2.05, 4.69) is 10.3 Å². The van der Waals surface area contributed by atoms with Gasteiger partial charge in [0, 0.05) is 11.6 Å². The molecule has 0 aliphatic carbocycles. The number of fused-ring (bicyclic) bond motifs is 1. The Labute approximate surface area is 123 Å². The smallest absolute Gasteiger partial charge is 0.252 e. The molecule has 2 atom stereocenters. The molecule has 1 aromatic carbocycles. The van der Waals surface area contributed by atoms with E-state index in [1.54, 1.807) is 12.3 Å². The molecule has 0 aliphatic heterocycles. The fourth-order valence-electron chi connectivity index (χ4n) is 2.24. The topological polar surface area (TPSA) is 85.1 Å². The molecule has 2 amide bonds. The van der Waals surface area contributed by atoms with Crippen molar-refractivity contribution in [3.63, 3.8) is 0 Å². The summed E-state index contributed by atoms with van der Waals surface area (Å²) in [4.78, 5) is 28.2. The molecule has 110 valence electrons. The zero-order valence-electron chi connectivity index (χ0n) is 12.2. The molecule has 3 N–H and O–H groups in total. The molecule has 2 rings (SSSR count). The van der Waals surface area contributed by atoms with Gasteiger partial charge >= 0.3 is 0 Å². The van der Waals surface area contributed by atoms with Gasteiger partial charge in [0.25, 0.3) is 5.91 Å². The number of nitrogens with one attached hydrogen (secondary N) is 1. The molecule has 0 radical (unpaired) electrons. The van der Waals surface area contributed by atoms with Gasteiger partial charge in [0.05, 0.1) is 11.1 Å². The third kappa shape index (κ3) is 3.18. The largest absolute Gasteiger partial charge is 0.368 e. The maximum Gasteiger partial charge on any atom is 0.252 e. The van der Waals surface area contributed by atoms with Crippen LogP contribution in [0.25, 0.3) is 10.9 Å². The predicted molar refractivity (Wildman–Crippen MR) is 81.6 cm³/mol. The van der Waals surface area contributed by atoms with Crippen LogP contribution >= 0.6 is 0 Å². The van der Waals surface area contributed by atoms with Gasteiger partial charge in [-0.15, -0.1) is 0 Å². The molecular weight excluding hydrogens is 266 g/mol. The van der Waals surface area contributed by atoms with Crippen LogP contribution in [0.1, 0.15) is 30.6 Å². The molecule has 0 fully saturated rings. The van der Waals surface area contributed by atoms with E-state index >= 15 is 0 Å². The summed E-state index contributed by atoms with van der Waals surface area (Å²) in [6.07, 6.45) is 2.34. The normalized spacial score (nSPS) is 13.6. The van der Waals surface area contributed by atoms with Gasteiger partial charge in [-0.25, -0.2) is 0 Å². The van der Waals surface area contributed by atoms with Crippen molar-refractivity contribution in [3.8, 4) is 0 Å². The van der Waals surface area contributed by atoms with Gasteiger partial charge in [0.1, 0.15) is 6.04 Å². The minimum absolute atomic E-state index is 0.0143. The number of nitrogens with two attached hydrogens (primary N) is 1. The van der Waals surface area contributed by atoms with Crippen molar-refractivity contribution in [3.05, 3.63) is 42.1 Å². The van der Waals surface area contributed by atoms with E-state index in [0.717, 1.165) is 17.3 Å². The number of aromatic nitrogens is 1. The number of amides is 2. The van der Waals surface area contributed by atoms with Crippen LogP contribution in [0.5, 0.6) is 0 Å². The number of hydrogen-bond donors (Lipinski definition) is 2. The number of hydrogen-bond acceptors (Lipinski definition) is 3. The second-order valence-corrected chi connectivity index (χ2v) is 5.11. The van der Waals surface area contributed by atoms with Crippen LogP contribution in [0.4, 0.5) is 0 Å². The highest BCUT2D eigenvalue weighted by molar-refractivity contribution is 6.07. The highest BCUT2D eigenvalue weighted by atomic mass is 16.2. The Morgan fingerprint density at radius 1 is 1.29 bits per heavy atom. The molecule has 0 saturated heterocycles. The fourth-order valence-corrected chi connectivity index (χ4v) is 2.24. The summed E-state index contributed by atoms with van der Waals surface area (Å²) in [5.41, 5.74) is 6.62. The number of carbonyl (C=O) groups is 2. The maximum atomic E-state index is 12.4. The Morgan fingerprint density at radius 2 is 2.00 bits per heavy atom. The maximum absolute atomic E-state index is 12.4. The first-order valence-electron chi connectivity index (χ1n) is 6.98. The van der Waals surface area contributed by atoms with E-state index in [0.29, 0.717) is 5.56 Å². The van der Waals surface area contributed by atoms with Crippen LogP contribution in [-0.2, 0) is 4.79 Å². The van der Waals surface area contributed by atoms with E-state index in [-0.39, 0.29) is 11.8 Å². The molecule has 2 aromatic rings. The van der Waals surface area contributed by atoms with Crippen LogP contribution in [0.3, 0.4) is 0 Å². The zero-order valence-corrected chi connectivity index (χ0v) is 12.2. The van der Waals surface area contributed by atoms with Gasteiger partial charge in [-0.3, -0.25) is 14.6 Å². The van der Waals surface area contributed by atoms with Crippen molar-refractivity contribution in [1.82, 2.24) is 10.3 Å². The van der Waals surface area contributed by atoms with Gasteiger partial charge in [0.2, 0.25) is 5.91 Å². The lowest BCUT2D eigenvalue weighted by Crippen LogP contribution is -2.48. The van der Waals surface area contributed by atoms with Crippen molar-refractivity contribution < 1.29 is 9.59 Å². The zero-order chi connectivity index (χ0) is 15.4. The van der Waals surface area contributed by atoms with E-state index in [1.807, 2.05) is 38.1 Å². The first-order chi connectivity index (χ1) is 10.0. The first-order valence-corrected chi connectivity index (χ1v) is 6.98. The van der Waals surface area contributed by atoms with Crippen molar-refractivity contribution in [1.29, 1.82) is 0 Å². The fraction of sp³-hybridized carbons (Fsp3) is 0.312. The van der Waals surface area contributed by atoms with Crippen LogP contribution in [0.15, 0.2) is 36.5 Å². The van der Waals surface area contributed by atoms with Crippen LogP contribution in [0.2, 0.25) is 0 Å². The molecular formula is C16H19N3O2. The molecule has 0 unspecified atom stereocenters. The minimum Gasteiger partial charge on any atom is -0.368 e. The second-order valence-electron chi connectivity index (χ2n) is 5.11. The number of para-hydroxylation sites is 1. The lowest BCUT2D eigenvalue weighted by molar-refractivity contribution is -0.120. The van der Waals surface area contributed by atoms with E-state index in [9.17, 15) is 9.59 Å². The molecule has 0 saturated carbocycles. The van der Waals surface area contributed by atoms with E-state index in [1.165, 1.54) is 0 Å². The van der Waals surface area contributed by atoms with Gasteiger partial charge < -0.3 is 11.1 Å². The van der Waals surface area contributed by atoms with Crippen molar-refractivity contribution >= 4 is 22.7 Å². The monoisotopic (exact) mass is 285 g/mol. The number of carbonyl (C=O) groups excluding carboxylic acids is 2. The first kappa shape index (κ1) is 15.0. The summed E-state index contributed by atoms with van der Waals surface area (Å²) in [5.74, 6) is -0.840. The van der Waals surface area contributed by atoms with Gasteiger partial charge in [-0.1, -0.05) is 38.5 Å². The molecule has 1 heterocycles. The summed E-state index contributed by atoms with van der Waals surface area (Å²) in [6, 6.07) is 8.36. The molecule has 0 bridgehead atoms. The third-order valence-corrected chi connectivity index (χ3v) is 3.70. The standard InChI is InChI=1S/C16H19N3O2/c1-3-10(2)14(15(17)20)19-16(21)12-8-9-18-13-7-5-4-6-11(12)13/h4-10,14H,3H2,1-2H3,(H2,17,20)(H,19,21)/t10-,14+/m0/s1. The summed E-state index contributed by atoms with van der Waals surface area (Å²) in [6.45, 7) is 3.84. The summed E-state index contributed by atoms with van der Waals surface area (Å²) in [7, 11) is 0.